The maximum atomic E-state index is 5.15. The molecule has 0 fully saturated rings. The van der Waals surface area contributed by atoms with Crippen LogP contribution in [0.5, 0.6) is 0 Å². The van der Waals surface area contributed by atoms with Gasteiger partial charge in [-0.1, -0.05) is 140 Å². The van der Waals surface area contributed by atoms with Crippen molar-refractivity contribution in [2.24, 2.45) is 0 Å². The molecule has 2 heterocycles. The molecular weight excluding hydrogens is 597 g/mol. The zero-order chi connectivity index (χ0) is 32.6. The lowest BCUT2D eigenvalue weighted by Crippen LogP contribution is -1.97. The summed E-state index contributed by atoms with van der Waals surface area (Å²) in [6, 6.07) is 63.1. The van der Waals surface area contributed by atoms with Gasteiger partial charge in [0, 0.05) is 22.4 Å². The van der Waals surface area contributed by atoms with Crippen LogP contribution in [0.25, 0.3) is 83.9 Å². The molecule has 7 aromatic carbocycles. The zero-order valence-corrected chi connectivity index (χ0v) is 26.6. The van der Waals surface area contributed by atoms with Crippen LogP contribution < -0.4 is 0 Å². The van der Waals surface area contributed by atoms with E-state index in [-0.39, 0.29) is 0 Å². The maximum Gasteiger partial charge on any atom is 0.145 e. The molecule has 4 heteroatoms. The SMILES string of the molecule is c1ccc(-c2cccc(-c3nc4ccccc4nc3-c3ccc(-c4ccc(-c5nc6ccccc6n5-c5ccccc5)cc4)cc3)c2)cc1. The molecule has 49 heavy (non-hydrogen) atoms. The Kier molecular flexibility index (Phi) is 7.10. The third-order valence-corrected chi connectivity index (χ3v) is 9.02. The summed E-state index contributed by atoms with van der Waals surface area (Å²) >= 11 is 0. The fraction of sp³-hybridized carbons (Fsp3) is 0. The number of fused-ring (bicyclic) bond motifs is 2. The van der Waals surface area contributed by atoms with E-state index in [4.69, 9.17) is 15.0 Å². The third-order valence-electron chi connectivity index (χ3n) is 9.02. The van der Waals surface area contributed by atoms with Gasteiger partial charge in [0.2, 0.25) is 0 Å². The first-order valence-electron chi connectivity index (χ1n) is 16.5. The molecule has 0 atom stereocenters. The fourth-order valence-electron chi connectivity index (χ4n) is 6.57. The van der Waals surface area contributed by atoms with Gasteiger partial charge in [0.25, 0.3) is 0 Å². The number of aromatic nitrogens is 4. The number of nitrogens with zero attached hydrogens (tertiary/aromatic N) is 4. The van der Waals surface area contributed by atoms with Gasteiger partial charge >= 0.3 is 0 Å². The van der Waals surface area contributed by atoms with E-state index in [1.165, 1.54) is 5.56 Å². The van der Waals surface area contributed by atoms with Crippen molar-refractivity contribution < 1.29 is 0 Å². The lowest BCUT2D eigenvalue weighted by molar-refractivity contribution is 1.10. The highest BCUT2D eigenvalue weighted by molar-refractivity contribution is 5.88. The summed E-state index contributed by atoms with van der Waals surface area (Å²) < 4.78 is 2.23. The van der Waals surface area contributed by atoms with Crippen LogP contribution in [0.2, 0.25) is 0 Å². The van der Waals surface area contributed by atoms with Crippen molar-refractivity contribution in [1.29, 1.82) is 0 Å². The Morgan fingerprint density at radius 1 is 0.306 bits per heavy atom. The summed E-state index contributed by atoms with van der Waals surface area (Å²) in [5.74, 6) is 0.924. The molecule has 0 bridgehead atoms. The molecule has 0 saturated heterocycles. The van der Waals surface area contributed by atoms with Gasteiger partial charge in [-0.3, -0.25) is 4.57 Å². The molecule has 9 aromatic rings. The van der Waals surface area contributed by atoms with E-state index in [1.54, 1.807) is 0 Å². The summed E-state index contributed by atoms with van der Waals surface area (Å²) in [7, 11) is 0. The molecule has 0 N–H and O–H groups in total. The number of benzene rings is 7. The molecule has 2 aromatic heterocycles. The van der Waals surface area contributed by atoms with Crippen molar-refractivity contribution in [2.75, 3.05) is 0 Å². The van der Waals surface area contributed by atoms with Crippen molar-refractivity contribution in [3.63, 3.8) is 0 Å². The number of hydrogen-bond donors (Lipinski definition) is 0. The van der Waals surface area contributed by atoms with Crippen molar-refractivity contribution in [2.45, 2.75) is 0 Å². The zero-order valence-electron chi connectivity index (χ0n) is 26.6. The van der Waals surface area contributed by atoms with Crippen molar-refractivity contribution in [3.8, 4) is 61.8 Å². The number of rotatable bonds is 6. The Morgan fingerprint density at radius 3 is 1.45 bits per heavy atom. The van der Waals surface area contributed by atoms with Crippen LogP contribution >= 0.6 is 0 Å². The Hall–Kier alpha value is -6.65. The minimum Gasteiger partial charge on any atom is -0.292 e. The predicted molar refractivity (Wildman–Crippen MR) is 201 cm³/mol. The molecule has 230 valence electrons. The molecule has 0 saturated carbocycles. The van der Waals surface area contributed by atoms with E-state index >= 15 is 0 Å². The molecular formula is C45H30N4. The molecule has 0 radical (unpaired) electrons. The van der Waals surface area contributed by atoms with E-state index in [0.717, 1.165) is 78.3 Å². The molecule has 4 nitrogen and oxygen atoms in total. The lowest BCUT2D eigenvalue weighted by atomic mass is 9.97. The highest BCUT2D eigenvalue weighted by Crippen LogP contribution is 2.35. The van der Waals surface area contributed by atoms with E-state index in [9.17, 15) is 0 Å². The normalized spacial score (nSPS) is 11.3. The fourth-order valence-corrected chi connectivity index (χ4v) is 6.57. The second-order valence-electron chi connectivity index (χ2n) is 12.1. The van der Waals surface area contributed by atoms with Crippen molar-refractivity contribution in [3.05, 3.63) is 182 Å². The maximum absolute atomic E-state index is 5.15. The van der Waals surface area contributed by atoms with Crippen LogP contribution in [0.3, 0.4) is 0 Å². The van der Waals surface area contributed by atoms with Gasteiger partial charge in [0.1, 0.15) is 5.82 Å². The average Bonchev–Trinajstić information content (AvgIpc) is 3.58. The molecule has 0 aliphatic rings. The highest BCUT2D eigenvalue weighted by Gasteiger charge is 2.16. The molecule has 0 spiro atoms. The molecule has 0 aliphatic carbocycles. The Morgan fingerprint density at radius 2 is 0.776 bits per heavy atom. The minimum absolute atomic E-state index is 0.866. The first kappa shape index (κ1) is 28.6. The van der Waals surface area contributed by atoms with Crippen LogP contribution in [0.4, 0.5) is 0 Å². The smallest absolute Gasteiger partial charge is 0.145 e. The van der Waals surface area contributed by atoms with E-state index in [1.807, 2.05) is 42.5 Å². The van der Waals surface area contributed by atoms with Crippen LogP contribution in [0.1, 0.15) is 0 Å². The second-order valence-corrected chi connectivity index (χ2v) is 12.1. The summed E-state index contributed by atoms with van der Waals surface area (Å²) in [6.45, 7) is 0. The summed E-state index contributed by atoms with van der Waals surface area (Å²) in [6.07, 6.45) is 0. The van der Waals surface area contributed by atoms with Crippen LogP contribution in [0, 0.1) is 0 Å². The lowest BCUT2D eigenvalue weighted by Gasteiger charge is -2.13. The molecule has 0 aliphatic heterocycles. The quantitative estimate of drug-likeness (QED) is 0.184. The van der Waals surface area contributed by atoms with Gasteiger partial charge in [-0.05, 0) is 64.7 Å². The third kappa shape index (κ3) is 5.35. The molecule has 0 amide bonds. The van der Waals surface area contributed by atoms with Gasteiger partial charge in [0.05, 0.1) is 33.5 Å². The number of hydrogen-bond acceptors (Lipinski definition) is 3. The Balaban J connectivity index is 1.08. The van der Waals surface area contributed by atoms with Crippen molar-refractivity contribution >= 4 is 22.1 Å². The monoisotopic (exact) mass is 626 g/mol. The summed E-state index contributed by atoms with van der Waals surface area (Å²) in [5.41, 5.74) is 14.4. The van der Waals surface area contributed by atoms with Crippen molar-refractivity contribution in [1.82, 2.24) is 19.5 Å². The van der Waals surface area contributed by atoms with Crippen LogP contribution in [-0.4, -0.2) is 19.5 Å². The average molecular weight is 627 g/mol. The summed E-state index contributed by atoms with van der Waals surface area (Å²) in [4.78, 5) is 15.3. The number of para-hydroxylation sites is 5. The van der Waals surface area contributed by atoms with E-state index < -0.39 is 0 Å². The first-order chi connectivity index (χ1) is 24.3. The van der Waals surface area contributed by atoms with Gasteiger partial charge in [-0.2, -0.15) is 0 Å². The van der Waals surface area contributed by atoms with E-state index in [0.29, 0.717) is 0 Å². The van der Waals surface area contributed by atoms with Gasteiger partial charge in [0.15, 0.2) is 0 Å². The standard InChI is InChI=1S/C45H30N4/c1-3-12-31(13-4-1)36-14-11-15-37(30-36)44-43(46-39-18-7-8-19-40(39)47-44)34-26-22-32(23-27-34)33-24-28-35(29-25-33)45-48-41-20-9-10-21-42(41)49(45)38-16-5-2-6-17-38/h1-30H. The number of imidazole rings is 1. The van der Waals surface area contributed by atoms with E-state index in [2.05, 4.69) is 144 Å². The molecule has 0 unspecified atom stereocenters. The highest BCUT2D eigenvalue weighted by atomic mass is 15.1. The predicted octanol–water partition coefficient (Wildman–Crippen LogP) is 11.3. The Bertz CT molecular complexity index is 2570. The molecule has 9 rings (SSSR count). The minimum atomic E-state index is 0.866. The van der Waals surface area contributed by atoms with Crippen LogP contribution in [0.15, 0.2) is 182 Å². The largest absolute Gasteiger partial charge is 0.292 e. The second kappa shape index (κ2) is 12.2. The Labute approximate surface area is 284 Å². The van der Waals surface area contributed by atoms with Gasteiger partial charge in [-0.15, -0.1) is 0 Å². The van der Waals surface area contributed by atoms with Crippen LogP contribution in [-0.2, 0) is 0 Å². The summed E-state index contributed by atoms with van der Waals surface area (Å²) in [5, 5.41) is 0. The topological polar surface area (TPSA) is 43.6 Å². The van der Waals surface area contributed by atoms with Gasteiger partial charge in [-0.25, -0.2) is 15.0 Å². The van der Waals surface area contributed by atoms with Gasteiger partial charge < -0.3 is 0 Å². The first-order valence-corrected chi connectivity index (χ1v) is 16.5.